The highest BCUT2D eigenvalue weighted by Crippen LogP contribution is 2.08. The van der Waals surface area contributed by atoms with Crippen LogP contribution in [0, 0.1) is 0 Å². The van der Waals surface area contributed by atoms with Crippen molar-refractivity contribution in [2.45, 2.75) is 66.3 Å². The Kier molecular flexibility index (Phi) is 30.1. The molecule has 1 fully saturated rings. The molecule has 10 heteroatoms. The lowest BCUT2D eigenvalue weighted by atomic mass is 10.2. The summed E-state index contributed by atoms with van der Waals surface area (Å²) in [6.07, 6.45) is 16.9. The summed E-state index contributed by atoms with van der Waals surface area (Å²) in [5.41, 5.74) is 3.31. The predicted molar refractivity (Wildman–Crippen MR) is 156 cm³/mol. The van der Waals surface area contributed by atoms with Gasteiger partial charge in [0.1, 0.15) is 12.6 Å². The summed E-state index contributed by atoms with van der Waals surface area (Å²) < 4.78 is 25.2. The second-order valence-electron chi connectivity index (χ2n) is 8.24. The lowest BCUT2D eigenvalue weighted by Crippen LogP contribution is -2.14. The monoisotopic (exact) mass is 568 g/mol. The fourth-order valence-corrected chi connectivity index (χ4v) is 2.56. The molecule has 1 saturated heterocycles. The first-order valence-electron chi connectivity index (χ1n) is 12.5. The summed E-state index contributed by atoms with van der Waals surface area (Å²) in [5.74, 6) is -0.833. The minimum absolute atomic E-state index is 0.301. The number of carbonyl (C=O) groups is 3. The van der Waals surface area contributed by atoms with Crippen LogP contribution in [0.25, 0.3) is 0 Å². The second kappa shape index (κ2) is 29.0. The van der Waals surface area contributed by atoms with Crippen molar-refractivity contribution in [2.24, 2.45) is 0 Å². The minimum atomic E-state index is -0.833. The second-order valence-corrected chi connectivity index (χ2v) is 8.24. The van der Waals surface area contributed by atoms with Crippen LogP contribution in [0.5, 0.6) is 0 Å². The number of carboxylic acids is 1. The molecule has 0 aromatic rings. The largest absolute Gasteiger partial charge is 0.481 e. The van der Waals surface area contributed by atoms with Crippen molar-refractivity contribution in [3.05, 3.63) is 70.9 Å². The normalized spacial score (nSPS) is 16.2. The Bertz CT molecular complexity index is 792. The lowest BCUT2D eigenvalue weighted by molar-refractivity contribution is -0.134. The lowest BCUT2D eigenvalue weighted by Gasteiger charge is -2.13. The fraction of sp³-hybridized carbons (Fsp3) is 0.500. The summed E-state index contributed by atoms with van der Waals surface area (Å²) in [4.78, 5) is 29.2. The minimum Gasteiger partial charge on any atom is -0.481 e. The van der Waals surface area contributed by atoms with Crippen molar-refractivity contribution < 1.29 is 48.3 Å². The highest BCUT2D eigenvalue weighted by Gasteiger charge is 2.09. The summed E-state index contributed by atoms with van der Waals surface area (Å²) in [5, 5.41) is 15.9. The van der Waals surface area contributed by atoms with Gasteiger partial charge in [-0.15, -0.1) is 0 Å². The summed E-state index contributed by atoms with van der Waals surface area (Å²) >= 11 is 0. The molecule has 0 aromatic carbocycles. The van der Waals surface area contributed by atoms with Crippen molar-refractivity contribution in [1.82, 2.24) is 0 Å². The zero-order valence-electron chi connectivity index (χ0n) is 25.3. The number of allylic oxidation sites excluding steroid dienone is 10. The zero-order valence-corrected chi connectivity index (χ0v) is 25.3. The van der Waals surface area contributed by atoms with Gasteiger partial charge in [-0.2, -0.15) is 0 Å². The van der Waals surface area contributed by atoms with Gasteiger partial charge in [-0.05, 0) is 56.4 Å². The first kappa shape index (κ1) is 41.5. The molecule has 1 unspecified atom stereocenters. The molecule has 1 atom stereocenters. The van der Waals surface area contributed by atoms with E-state index < -0.39 is 12.3 Å². The topological polar surface area (TPSA) is 138 Å². The Morgan fingerprint density at radius 2 is 1.05 bits per heavy atom. The molecule has 0 aliphatic carbocycles. The smallest absolute Gasteiger partial charge is 0.300 e. The van der Waals surface area contributed by atoms with Crippen LogP contribution >= 0.6 is 0 Å². The molecule has 0 radical (unpaired) electrons. The molecular formula is C30H48O10. The van der Waals surface area contributed by atoms with E-state index in [4.69, 9.17) is 38.7 Å². The number of aliphatic hydroxyl groups is 1. The van der Waals surface area contributed by atoms with Gasteiger partial charge in [-0.1, -0.05) is 48.6 Å². The quantitative estimate of drug-likeness (QED) is 0.147. The Hall–Kier alpha value is -2.99. The van der Waals surface area contributed by atoms with Gasteiger partial charge in [0.15, 0.2) is 18.9 Å². The number of carboxylic acid groups (broad SMARTS) is 1. The highest BCUT2D eigenvalue weighted by atomic mass is 16.7. The first-order chi connectivity index (χ1) is 18.9. The zero-order chi connectivity index (χ0) is 31.3. The van der Waals surface area contributed by atoms with Gasteiger partial charge in [0.25, 0.3) is 5.97 Å². The van der Waals surface area contributed by atoms with E-state index in [-0.39, 0.29) is 12.6 Å². The Labute approximate surface area is 239 Å². The molecule has 0 aromatic heterocycles. The molecular weight excluding hydrogens is 520 g/mol. The number of methoxy groups -OCH3 is 4. The van der Waals surface area contributed by atoms with Crippen molar-refractivity contribution >= 4 is 18.5 Å². The molecule has 10 nitrogen and oxygen atoms in total. The maximum atomic E-state index is 10.1. The average molecular weight is 569 g/mol. The third-order valence-electron chi connectivity index (χ3n) is 4.54. The van der Waals surface area contributed by atoms with E-state index in [2.05, 4.69) is 0 Å². The summed E-state index contributed by atoms with van der Waals surface area (Å²) in [7, 11) is 6.45. The van der Waals surface area contributed by atoms with Crippen LogP contribution in [-0.2, 0) is 38.1 Å². The van der Waals surface area contributed by atoms with Crippen LogP contribution in [0.1, 0.15) is 47.5 Å². The number of aliphatic hydroxyl groups excluding tert-OH is 1. The maximum absolute atomic E-state index is 10.1. The van der Waals surface area contributed by atoms with Crippen molar-refractivity contribution in [1.29, 1.82) is 0 Å². The molecule has 2 N–H and O–H groups in total. The number of aldehydes is 2. The van der Waals surface area contributed by atoms with E-state index in [9.17, 15) is 9.59 Å². The van der Waals surface area contributed by atoms with Crippen LogP contribution in [0.3, 0.4) is 0 Å². The van der Waals surface area contributed by atoms with Crippen LogP contribution in [0.15, 0.2) is 70.9 Å². The van der Waals surface area contributed by atoms with Gasteiger partial charge in [-0.3, -0.25) is 14.4 Å². The highest BCUT2D eigenvalue weighted by molar-refractivity contribution is 5.73. The average Bonchev–Trinajstić information content (AvgIpc) is 3.41. The van der Waals surface area contributed by atoms with E-state index in [1.807, 2.05) is 38.2 Å². The van der Waals surface area contributed by atoms with Gasteiger partial charge < -0.3 is 33.9 Å². The molecule has 0 amide bonds. The molecule has 1 aliphatic heterocycles. The van der Waals surface area contributed by atoms with Crippen molar-refractivity contribution in [3.8, 4) is 0 Å². The summed E-state index contributed by atoms with van der Waals surface area (Å²) in [6.45, 7) is 9.15. The Balaban J connectivity index is -0.000000527. The van der Waals surface area contributed by atoms with E-state index in [1.165, 1.54) is 0 Å². The molecule has 0 saturated carbocycles. The third-order valence-corrected chi connectivity index (χ3v) is 4.54. The van der Waals surface area contributed by atoms with Gasteiger partial charge >= 0.3 is 0 Å². The van der Waals surface area contributed by atoms with Gasteiger partial charge in [0.2, 0.25) is 0 Å². The molecule has 1 aliphatic rings. The number of hydrogen-bond donors (Lipinski definition) is 2. The van der Waals surface area contributed by atoms with Crippen LogP contribution in [0.4, 0.5) is 0 Å². The molecule has 228 valence electrons. The van der Waals surface area contributed by atoms with Crippen LogP contribution < -0.4 is 0 Å². The van der Waals surface area contributed by atoms with E-state index >= 15 is 0 Å². The third kappa shape index (κ3) is 28.0. The van der Waals surface area contributed by atoms with Crippen molar-refractivity contribution in [3.63, 3.8) is 0 Å². The number of aliphatic carboxylic acids is 1. The Morgan fingerprint density at radius 1 is 0.725 bits per heavy atom. The van der Waals surface area contributed by atoms with E-state index in [0.29, 0.717) is 11.1 Å². The molecule has 0 bridgehead atoms. The number of rotatable bonds is 12. The standard InChI is InChI=1S/C14H24O4.C10H12O2.C4H8O2.C2H4O2/c1-11(13(15-3)16-4)9-7-8-10-12(2)14(17-5)18-6;1-9(7-11)5-3-4-6-10(2)8-12;5-4-2-1-3-6-4;1-2(3)4/h7-10,13-14H,1-6H3;3-8H,1-2H3;4-5H,1-3H2;1H3,(H,3,4)/b8-7+,11-9?,12-10?;4-3+,9-5+,10-6+;;. The summed E-state index contributed by atoms with van der Waals surface area (Å²) in [6, 6.07) is 0. The van der Waals surface area contributed by atoms with E-state index in [1.54, 1.807) is 66.6 Å². The van der Waals surface area contributed by atoms with Gasteiger partial charge in [0.05, 0.1) is 0 Å². The number of hydrogen-bond acceptors (Lipinski definition) is 9. The number of ether oxygens (including phenoxy) is 5. The van der Waals surface area contributed by atoms with Crippen LogP contribution in [0.2, 0.25) is 0 Å². The Morgan fingerprint density at radius 3 is 1.25 bits per heavy atom. The van der Waals surface area contributed by atoms with Crippen molar-refractivity contribution in [2.75, 3.05) is 35.0 Å². The molecule has 1 rings (SSSR count). The molecule has 1 heterocycles. The molecule has 0 spiro atoms. The fourth-order valence-electron chi connectivity index (χ4n) is 2.56. The van der Waals surface area contributed by atoms with Gasteiger partial charge in [-0.25, -0.2) is 0 Å². The predicted octanol–water partition coefficient (Wildman–Crippen LogP) is 4.71. The maximum Gasteiger partial charge on any atom is 0.300 e. The van der Waals surface area contributed by atoms with Crippen LogP contribution in [-0.4, -0.2) is 82.7 Å². The van der Waals surface area contributed by atoms with E-state index in [0.717, 1.165) is 50.1 Å². The number of carbonyl (C=O) groups excluding carboxylic acids is 2. The van der Waals surface area contributed by atoms with Gasteiger partial charge in [0, 0.05) is 48.4 Å². The first-order valence-corrected chi connectivity index (χ1v) is 12.5. The SMILES string of the molecule is CC(=O)O.COC(OC)C(C)=C/C=C/C=C(C)C(OC)OC.C\C(C=O)=C/C=C/C=C(\C)C=O.OC1CCCO1. The molecule has 40 heavy (non-hydrogen) atoms.